The first kappa shape index (κ1) is 95.4. The molecular formula is C138H139N7. The summed E-state index contributed by atoms with van der Waals surface area (Å²) in [5.74, 6) is 22.4. The maximum atomic E-state index is 3.76. The van der Waals surface area contributed by atoms with Crippen molar-refractivity contribution < 1.29 is 0 Å². The van der Waals surface area contributed by atoms with Gasteiger partial charge in [0.25, 0.3) is 0 Å². The molecule has 0 saturated heterocycles. The van der Waals surface area contributed by atoms with Gasteiger partial charge in [0.05, 0.1) is 44.1 Å². The van der Waals surface area contributed by atoms with Crippen LogP contribution in [0.1, 0.15) is 289 Å². The summed E-state index contributed by atoms with van der Waals surface area (Å²) in [6.45, 7) is 51.5. The van der Waals surface area contributed by atoms with Crippen molar-refractivity contribution in [3.63, 3.8) is 0 Å². The van der Waals surface area contributed by atoms with Gasteiger partial charge in [0, 0.05) is 184 Å². The van der Waals surface area contributed by atoms with Crippen molar-refractivity contribution >= 4 is 153 Å². The minimum Gasteiger partial charge on any atom is -0.340 e. The molecule has 0 aliphatic rings. The van der Waals surface area contributed by atoms with Crippen LogP contribution in [0, 0.1) is 35.5 Å². The molecule has 7 heterocycles. The maximum Gasteiger partial charge on any atom is 0.0541 e. The summed E-state index contributed by atoms with van der Waals surface area (Å²) >= 11 is 0. The SMILES string of the molecule is CCCCCCn1c2ccc(C#Cc3ccc(-n4c5ccc(C#Cc6ccc7c(c6)c6cc(-n8c9ccc(C(C)(C)C)cc9c9cc(C(C)(C)C)ccc98)ccc6n7CCCCCC)cc5c5cc(C#Cc6ccc7c(c6)c6cc(-n8c9ccc(C(C)(C)C)cc9c9cc(C(C)(C)C)ccc98)ccc6n7CCCCCC)ccc54)cc3)cc2c2cc(-n3c4ccc(C(C)(C)C)cc4c4cc(C(C)(C)C)ccc43)ccc21. The van der Waals surface area contributed by atoms with Gasteiger partial charge in [-0.15, -0.1) is 0 Å². The Balaban J connectivity index is 0.653. The van der Waals surface area contributed by atoms with E-state index in [9.17, 15) is 0 Å². The topological polar surface area (TPSA) is 34.5 Å². The van der Waals surface area contributed by atoms with Crippen LogP contribution >= 0.6 is 0 Å². The molecule has 7 aromatic heterocycles. The highest BCUT2D eigenvalue weighted by molar-refractivity contribution is 6.17. The van der Waals surface area contributed by atoms with Crippen LogP contribution in [0.25, 0.3) is 175 Å². The first-order valence-electron chi connectivity index (χ1n) is 53.7. The summed E-state index contributed by atoms with van der Waals surface area (Å²) < 4.78 is 17.7. The van der Waals surface area contributed by atoms with Crippen molar-refractivity contribution in [3.05, 3.63) is 346 Å². The van der Waals surface area contributed by atoms with E-state index in [1.54, 1.807) is 0 Å². The van der Waals surface area contributed by atoms with Gasteiger partial charge in [-0.3, -0.25) is 0 Å². The molecule has 0 fully saturated rings. The zero-order chi connectivity index (χ0) is 101. The van der Waals surface area contributed by atoms with Gasteiger partial charge < -0.3 is 32.0 Å². The standard InChI is InChI=1S/C138H139N7/c1-22-25-28-31-72-139-119-58-42-90(75-105(119)116-86-102(55-69-122(116)139)143-127-63-47-95(133(4,5)6)80-110(127)111-81-96(134(7,8)9)48-64-128(111)143)35-34-89-40-53-101(54-41-89)142-125-61-45-93(38-36-91-43-59-120-106(76-91)117-87-103(56-70-123(117)140(120)73-32-29-26-23-2)144-129-65-49-97(135(10,11)12)82-112(129)113-83-98(136(13,14)15)50-66-130(113)144)78-108(125)109-79-94(46-62-126(109)142)39-37-92-44-60-121-107(77-92)118-88-104(57-71-124(118)141(121)74-33-30-27-24-3)145-131-67-51-99(137(16,17)18)84-114(131)115-85-100(138(19,20)21)52-68-132(115)145/h40-71,75-88H,22-33,72-74H2,1-21H3. The van der Waals surface area contributed by atoms with Crippen molar-refractivity contribution in [2.75, 3.05) is 0 Å². The Kier molecular flexibility index (Phi) is 24.2. The largest absolute Gasteiger partial charge is 0.340 e. The highest BCUT2D eigenvalue weighted by atomic mass is 15.0. The van der Waals surface area contributed by atoms with Crippen LogP contribution in [0.2, 0.25) is 0 Å². The summed E-state index contributed by atoms with van der Waals surface area (Å²) in [4.78, 5) is 0. The molecule has 0 amide bonds. The second kappa shape index (κ2) is 36.7. The molecule has 0 atom stereocenters. The average molecular weight is 1900 g/mol. The van der Waals surface area contributed by atoms with E-state index in [1.165, 1.54) is 222 Å². The van der Waals surface area contributed by atoms with Crippen LogP contribution in [0.5, 0.6) is 0 Å². The minimum atomic E-state index is -0.000187. The fraction of sp³-hybridized carbons (Fsp3) is 0.304. The third-order valence-electron chi connectivity index (χ3n) is 31.5. The van der Waals surface area contributed by atoms with Crippen molar-refractivity contribution in [2.24, 2.45) is 0 Å². The Morgan fingerprint density at radius 1 is 0.159 bits per heavy atom. The normalized spacial score (nSPS) is 12.7. The molecule has 7 heteroatoms. The van der Waals surface area contributed by atoms with E-state index in [0.717, 1.165) is 117 Å². The molecule has 0 N–H and O–H groups in total. The monoisotopic (exact) mass is 1890 g/mol. The highest BCUT2D eigenvalue weighted by Crippen LogP contribution is 2.47. The molecule has 726 valence electrons. The molecule has 7 nitrogen and oxygen atoms in total. The van der Waals surface area contributed by atoms with Gasteiger partial charge in [-0.25, -0.2) is 0 Å². The summed E-state index contributed by atoms with van der Waals surface area (Å²) in [5, 5.41) is 17.4. The molecule has 0 aliphatic carbocycles. The fourth-order valence-electron chi connectivity index (χ4n) is 23.0. The molecule has 0 radical (unpaired) electrons. The van der Waals surface area contributed by atoms with Crippen molar-refractivity contribution in [3.8, 4) is 58.3 Å². The number of aromatic nitrogens is 7. The Bertz CT molecular complexity index is 8620. The van der Waals surface area contributed by atoms with E-state index < -0.39 is 0 Å². The summed E-state index contributed by atoms with van der Waals surface area (Å²) in [5.41, 5.74) is 35.4. The quantitative estimate of drug-likeness (QED) is 0.0571. The van der Waals surface area contributed by atoms with Gasteiger partial charge in [0.15, 0.2) is 0 Å². The van der Waals surface area contributed by atoms with Crippen molar-refractivity contribution in [2.45, 2.75) is 275 Å². The zero-order valence-electron chi connectivity index (χ0n) is 89.3. The smallest absolute Gasteiger partial charge is 0.0541 e. The number of fused-ring (bicyclic) bond motifs is 21. The van der Waals surface area contributed by atoms with E-state index in [1.807, 2.05) is 0 Å². The molecule has 22 rings (SSSR count). The molecule has 0 bridgehead atoms. The summed E-state index contributed by atoms with van der Waals surface area (Å²) in [7, 11) is 0. The van der Waals surface area contributed by atoms with Gasteiger partial charge in [0.1, 0.15) is 0 Å². The Morgan fingerprint density at radius 2 is 0.324 bits per heavy atom. The number of aryl methyl sites for hydroxylation is 3. The van der Waals surface area contributed by atoms with Gasteiger partial charge in [0.2, 0.25) is 0 Å². The van der Waals surface area contributed by atoms with E-state index >= 15 is 0 Å². The van der Waals surface area contributed by atoms with Gasteiger partial charge in [-0.1, -0.05) is 275 Å². The highest BCUT2D eigenvalue weighted by Gasteiger charge is 2.29. The first-order chi connectivity index (χ1) is 69.5. The molecule has 0 spiro atoms. The van der Waals surface area contributed by atoms with Gasteiger partial charge >= 0.3 is 0 Å². The third kappa shape index (κ3) is 17.6. The minimum absolute atomic E-state index is 0.000187. The Hall–Kier alpha value is -14.4. The maximum absolute atomic E-state index is 3.76. The average Bonchev–Trinajstić information content (AvgIpc) is 1.57. The number of rotatable bonds is 19. The lowest BCUT2D eigenvalue weighted by Crippen LogP contribution is -2.10. The Labute approximate surface area is 857 Å². The fourth-order valence-corrected chi connectivity index (χ4v) is 23.0. The number of hydrogen-bond donors (Lipinski definition) is 0. The predicted molar refractivity (Wildman–Crippen MR) is 625 cm³/mol. The second-order valence-corrected chi connectivity index (χ2v) is 47.9. The van der Waals surface area contributed by atoms with Crippen LogP contribution in [0.15, 0.2) is 279 Å². The van der Waals surface area contributed by atoms with Crippen LogP contribution in [-0.2, 0) is 52.1 Å². The summed E-state index contributed by atoms with van der Waals surface area (Å²) in [6.07, 6.45) is 14.2. The third-order valence-corrected chi connectivity index (χ3v) is 31.5. The van der Waals surface area contributed by atoms with E-state index in [4.69, 9.17) is 0 Å². The van der Waals surface area contributed by atoms with Crippen molar-refractivity contribution in [1.29, 1.82) is 0 Å². The van der Waals surface area contributed by atoms with Crippen molar-refractivity contribution in [1.82, 2.24) is 32.0 Å². The molecule has 0 aliphatic heterocycles. The van der Waals surface area contributed by atoms with E-state index in [-0.39, 0.29) is 32.5 Å². The molecule has 145 heavy (non-hydrogen) atoms. The van der Waals surface area contributed by atoms with Crippen LogP contribution in [-0.4, -0.2) is 32.0 Å². The number of benzene rings is 15. The number of unbranched alkanes of at least 4 members (excludes halogenated alkanes) is 9. The van der Waals surface area contributed by atoms with Crippen LogP contribution in [0.4, 0.5) is 0 Å². The molecule has 0 saturated carbocycles. The molecule has 15 aromatic carbocycles. The zero-order valence-corrected chi connectivity index (χ0v) is 89.3. The number of hydrogen-bond acceptors (Lipinski definition) is 0. The summed E-state index contributed by atoms with van der Waals surface area (Å²) in [6, 6.07) is 108. The second-order valence-electron chi connectivity index (χ2n) is 47.9. The molecular weight excluding hydrogens is 1760 g/mol. The van der Waals surface area contributed by atoms with E-state index in [2.05, 4.69) is 492 Å². The van der Waals surface area contributed by atoms with Crippen LogP contribution < -0.4 is 0 Å². The lowest BCUT2D eigenvalue weighted by molar-refractivity contribution is 0.590. The van der Waals surface area contributed by atoms with Gasteiger partial charge in [-0.05, 0) is 328 Å². The van der Waals surface area contributed by atoms with E-state index in [0.29, 0.717) is 0 Å². The van der Waals surface area contributed by atoms with Crippen LogP contribution in [0.3, 0.4) is 0 Å². The lowest BCUT2D eigenvalue weighted by Gasteiger charge is -2.19. The Morgan fingerprint density at radius 3 is 0.545 bits per heavy atom. The number of nitrogens with zero attached hydrogens (tertiary/aromatic N) is 7. The predicted octanol–water partition coefficient (Wildman–Crippen LogP) is 37.1. The lowest BCUT2D eigenvalue weighted by atomic mass is 9.85. The van der Waals surface area contributed by atoms with Gasteiger partial charge in [-0.2, -0.15) is 0 Å². The molecule has 0 unspecified atom stereocenters. The molecule has 22 aromatic rings. The first-order valence-corrected chi connectivity index (χ1v) is 53.7.